The van der Waals surface area contributed by atoms with Crippen molar-refractivity contribution in [2.24, 2.45) is 0 Å². The zero-order valence-electron chi connectivity index (χ0n) is 9.46. The van der Waals surface area contributed by atoms with Crippen molar-refractivity contribution in [2.45, 2.75) is 32.1 Å². The molecule has 1 aromatic rings. The Hall–Kier alpha value is -1.31. The molecule has 80 valence electrons. The molecule has 1 aromatic carbocycles. The van der Waals surface area contributed by atoms with Gasteiger partial charge in [0.25, 0.3) is 0 Å². The first-order valence-electron chi connectivity index (χ1n) is 5.26. The molecule has 2 rings (SSSR count). The zero-order valence-corrected chi connectivity index (χ0v) is 9.46. The molecule has 0 saturated heterocycles. The molecule has 0 aliphatic heterocycles. The number of rotatable bonds is 2. The number of esters is 1. The molecule has 0 amide bonds. The Bertz CT molecular complexity index is 403. The average molecular weight is 204 g/mol. The van der Waals surface area contributed by atoms with Crippen molar-refractivity contribution in [3.63, 3.8) is 0 Å². The first-order valence-corrected chi connectivity index (χ1v) is 5.26. The fourth-order valence-electron chi connectivity index (χ4n) is 1.85. The van der Waals surface area contributed by atoms with Gasteiger partial charge in [0.15, 0.2) is 0 Å². The van der Waals surface area contributed by atoms with Gasteiger partial charge < -0.3 is 4.74 Å². The van der Waals surface area contributed by atoms with Gasteiger partial charge in [0.05, 0.1) is 12.7 Å². The molecule has 1 aliphatic rings. The van der Waals surface area contributed by atoms with E-state index >= 15 is 0 Å². The van der Waals surface area contributed by atoms with E-state index in [4.69, 9.17) is 4.74 Å². The number of hydrogen-bond donors (Lipinski definition) is 0. The SMILES string of the molecule is COC(=O)c1ccc(C2(C)CC2)cc1C. The second kappa shape index (κ2) is 3.37. The van der Waals surface area contributed by atoms with Crippen LogP contribution in [0.2, 0.25) is 0 Å². The fraction of sp³-hybridized carbons (Fsp3) is 0.462. The Kier molecular flexibility index (Phi) is 2.29. The van der Waals surface area contributed by atoms with E-state index < -0.39 is 0 Å². The predicted molar refractivity (Wildman–Crippen MR) is 59.1 cm³/mol. The Morgan fingerprint density at radius 2 is 2.07 bits per heavy atom. The molecule has 0 N–H and O–H groups in total. The molecule has 0 aromatic heterocycles. The number of aryl methyl sites for hydroxylation is 1. The maximum Gasteiger partial charge on any atom is 0.338 e. The minimum Gasteiger partial charge on any atom is -0.465 e. The van der Waals surface area contributed by atoms with E-state index in [1.54, 1.807) is 0 Å². The molecule has 0 atom stereocenters. The van der Waals surface area contributed by atoms with Gasteiger partial charge in [-0.05, 0) is 42.4 Å². The number of hydrogen-bond acceptors (Lipinski definition) is 2. The number of benzene rings is 1. The largest absolute Gasteiger partial charge is 0.465 e. The van der Waals surface area contributed by atoms with E-state index in [2.05, 4.69) is 13.0 Å². The van der Waals surface area contributed by atoms with E-state index in [-0.39, 0.29) is 5.97 Å². The standard InChI is InChI=1S/C13H16O2/c1-9-8-10(13(2)6-7-13)4-5-11(9)12(14)15-3/h4-5,8H,6-7H2,1-3H3. The van der Waals surface area contributed by atoms with Gasteiger partial charge in [0.2, 0.25) is 0 Å². The molecule has 1 fully saturated rings. The Morgan fingerprint density at radius 3 is 2.53 bits per heavy atom. The molecular weight excluding hydrogens is 188 g/mol. The molecule has 0 unspecified atom stereocenters. The second-order valence-electron chi connectivity index (χ2n) is 4.58. The van der Waals surface area contributed by atoms with Crippen LogP contribution in [-0.2, 0) is 10.2 Å². The summed E-state index contributed by atoms with van der Waals surface area (Å²) in [6.45, 7) is 4.22. The molecule has 15 heavy (non-hydrogen) atoms. The van der Waals surface area contributed by atoms with Crippen LogP contribution in [0.3, 0.4) is 0 Å². The van der Waals surface area contributed by atoms with Gasteiger partial charge in [-0.3, -0.25) is 0 Å². The van der Waals surface area contributed by atoms with Gasteiger partial charge >= 0.3 is 5.97 Å². The van der Waals surface area contributed by atoms with Crippen LogP contribution in [-0.4, -0.2) is 13.1 Å². The third-order valence-electron chi connectivity index (χ3n) is 3.33. The van der Waals surface area contributed by atoms with E-state index in [1.165, 1.54) is 25.5 Å². The summed E-state index contributed by atoms with van der Waals surface area (Å²) >= 11 is 0. The van der Waals surface area contributed by atoms with Crippen LogP contribution < -0.4 is 0 Å². The van der Waals surface area contributed by atoms with Crippen LogP contribution in [0.4, 0.5) is 0 Å². The lowest BCUT2D eigenvalue weighted by molar-refractivity contribution is 0.0600. The lowest BCUT2D eigenvalue weighted by Gasteiger charge is -2.11. The summed E-state index contributed by atoms with van der Waals surface area (Å²) < 4.78 is 4.72. The summed E-state index contributed by atoms with van der Waals surface area (Å²) in [5.74, 6) is -0.250. The quantitative estimate of drug-likeness (QED) is 0.692. The van der Waals surface area contributed by atoms with Crippen LogP contribution >= 0.6 is 0 Å². The monoisotopic (exact) mass is 204 g/mol. The average Bonchev–Trinajstić information content (AvgIpc) is 2.96. The summed E-state index contributed by atoms with van der Waals surface area (Å²) in [5.41, 5.74) is 3.38. The van der Waals surface area contributed by atoms with E-state index in [0.29, 0.717) is 11.0 Å². The first-order chi connectivity index (χ1) is 7.07. The number of carbonyl (C=O) groups excluding carboxylic acids is 1. The van der Waals surface area contributed by atoms with Gasteiger partial charge in [-0.15, -0.1) is 0 Å². The third-order valence-corrected chi connectivity index (χ3v) is 3.33. The molecule has 1 aliphatic carbocycles. The van der Waals surface area contributed by atoms with Crippen LogP contribution in [0.1, 0.15) is 41.3 Å². The molecule has 2 heteroatoms. The highest BCUT2D eigenvalue weighted by Gasteiger charge is 2.39. The van der Waals surface area contributed by atoms with Crippen LogP contribution in [0.25, 0.3) is 0 Å². The number of methoxy groups -OCH3 is 1. The fourth-order valence-corrected chi connectivity index (χ4v) is 1.85. The highest BCUT2D eigenvalue weighted by molar-refractivity contribution is 5.91. The van der Waals surface area contributed by atoms with Crippen molar-refractivity contribution >= 4 is 5.97 Å². The smallest absolute Gasteiger partial charge is 0.338 e. The van der Waals surface area contributed by atoms with Crippen molar-refractivity contribution in [3.05, 3.63) is 34.9 Å². The Balaban J connectivity index is 2.35. The van der Waals surface area contributed by atoms with Crippen LogP contribution in [0, 0.1) is 6.92 Å². The molecule has 0 radical (unpaired) electrons. The minimum atomic E-state index is -0.250. The lowest BCUT2D eigenvalue weighted by Crippen LogP contribution is -2.06. The van der Waals surface area contributed by atoms with Crippen molar-refractivity contribution < 1.29 is 9.53 Å². The first kappa shape index (κ1) is 10.2. The van der Waals surface area contributed by atoms with E-state index in [9.17, 15) is 4.79 Å². The minimum absolute atomic E-state index is 0.250. The van der Waals surface area contributed by atoms with Crippen molar-refractivity contribution in [1.82, 2.24) is 0 Å². The summed E-state index contributed by atoms with van der Waals surface area (Å²) in [6, 6.07) is 6.03. The van der Waals surface area contributed by atoms with Crippen LogP contribution in [0.15, 0.2) is 18.2 Å². The maximum absolute atomic E-state index is 11.4. The zero-order chi connectivity index (χ0) is 11.1. The highest BCUT2D eigenvalue weighted by Crippen LogP contribution is 2.47. The number of ether oxygens (including phenoxy) is 1. The lowest BCUT2D eigenvalue weighted by atomic mass is 9.94. The highest BCUT2D eigenvalue weighted by atomic mass is 16.5. The second-order valence-corrected chi connectivity index (χ2v) is 4.58. The summed E-state index contributed by atoms with van der Waals surface area (Å²) in [5, 5.41) is 0. The normalized spacial score (nSPS) is 17.3. The van der Waals surface area contributed by atoms with E-state index in [1.807, 2.05) is 19.1 Å². The Labute approximate surface area is 90.3 Å². The van der Waals surface area contributed by atoms with Crippen molar-refractivity contribution in [1.29, 1.82) is 0 Å². The molecule has 0 bridgehead atoms. The van der Waals surface area contributed by atoms with E-state index in [0.717, 1.165) is 5.56 Å². The third kappa shape index (κ3) is 1.76. The molecular formula is C13H16O2. The molecule has 0 heterocycles. The molecule has 2 nitrogen and oxygen atoms in total. The van der Waals surface area contributed by atoms with Gasteiger partial charge in [0, 0.05) is 0 Å². The van der Waals surface area contributed by atoms with Crippen molar-refractivity contribution in [3.8, 4) is 0 Å². The Morgan fingerprint density at radius 1 is 1.40 bits per heavy atom. The molecule has 0 spiro atoms. The van der Waals surface area contributed by atoms with Gasteiger partial charge in [0.1, 0.15) is 0 Å². The van der Waals surface area contributed by atoms with Crippen molar-refractivity contribution in [2.75, 3.05) is 7.11 Å². The summed E-state index contributed by atoms with van der Waals surface area (Å²) in [6.07, 6.45) is 2.51. The van der Waals surface area contributed by atoms with Gasteiger partial charge in [-0.1, -0.05) is 19.1 Å². The topological polar surface area (TPSA) is 26.3 Å². The maximum atomic E-state index is 11.4. The van der Waals surface area contributed by atoms with Gasteiger partial charge in [-0.25, -0.2) is 4.79 Å². The predicted octanol–water partition coefficient (Wildman–Crippen LogP) is 2.83. The number of carbonyl (C=O) groups is 1. The molecule has 1 saturated carbocycles. The summed E-state index contributed by atoms with van der Waals surface area (Å²) in [7, 11) is 1.41. The van der Waals surface area contributed by atoms with Crippen LogP contribution in [0.5, 0.6) is 0 Å². The summed E-state index contributed by atoms with van der Waals surface area (Å²) in [4.78, 5) is 11.4. The van der Waals surface area contributed by atoms with Gasteiger partial charge in [-0.2, -0.15) is 0 Å².